The number of rotatable bonds is 7. The van der Waals surface area contributed by atoms with Crippen LogP contribution in [0.4, 0.5) is 0 Å². The summed E-state index contributed by atoms with van der Waals surface area (Å²) in [6.07, 6.45) is 5.52. The van der Waals surface area contributed by atoms with Crippen molar-refractivity contribution in [2.24, 2.45) is 0 Å². The van der Waals surface area contributed by atoms with E-state index in [1.807, 2.05) is 18.2 Å². The highest BCUT2D eigenvalue weighted by molar-refractivity contribution is 5.73. The van der Waals surface area contributed by atoms with Crippen molar-refractivity contribution in [1.29, 1.82) is 0 Å². The van der Waals surface area contributed by atoms with Crippen molar-refractivity contribution in [3.8, 4) is 11.5 Å². The SMILES string of the molecule is CCCCCOc1ccc2c(c1)C=C(CNC(C)=O)CO2. The monoisotopic (exact) mass is 289 g/mol. The molecule has 21 heavy (non-hydrogen) atoms. The molecule has 0 bridgehead atoms. The van der Waals surface area contributed by atoms with Gasteiger partial charge in [0.25, 0.3) is 0 Å². The van der Waals surface area contributed by atoms with Crippen molar-refractivity contribution in [3.63, 3.8) is 0 Å². The number of unbranched alkanes of at least 4 members (excludes halogenated alkanes) is 2. The highest BCUT2D eigenvalue weighted by Crippen LogP contribution is 2.29. The standard InChI is InChI=1S/C17H23NO3/c1-3-4-5-8-20-16-6-7-17-15(10-16)9-14(12-21-17)11-18-13(2)19/h6-7,9-10H,3-5,8,11-12H2,1-2H3,(H,18,19). The van der Waals surface area contributed by atoms with Crippen LogP contribution >= 0.6 is 0 Å². The van der Waals surface area contributed by atoms with Gasteiger partial charge in [0.05, 0.1) is 6.61 Å². The van der Waals surface area contributed by atoms with Crippen LogP contribution in [0.2, 0.25) is 0 Å². The summed E-state index contributed by atoms with van der Waals surface area (Å²) in [5.41, 5.74) is 2.07. The highest BCUT2D eigenvalue weighted by Gasteiger charge is 2.12. The van der Waals surface area contributed by atoms with Crippen LogP contribution < -0.4 is 14.8 Å². The van der Waals surface area contributed by atoms with Gasteiger partial charge in [-0.2, -0.15) is 0 Å². The van der Waals surface area contributed by atoms with Crippen LogP contribution in [0, 0.1) is 0 Å². The lowest BCUT2D eigenvalue weighted by Crippen LogP contribution is -2.25. The molecule has 1 N–H and O–H groups in total. The summed E-state index contributed by atoms with van der Waals surface area (Å²) >= 11 is 0. The van der Waals surface area contributed by atoms with Crippen molar-refractivity contribution >= 4 is 12.0 Å². The van der Waals surface area contributed by atoms with Gasteiger partial charge in [-0.25, -0.2) is 0 Å². The molecule has 1 aromatic carbocycles. The summed E-state index contributed by atoms with van der Waals surface area (Å²) < 4.78 is 11.4. The van der Waals surface area contributed by atoms with E-state index in [4.69, 9.17) is 9.47 Å². The number of benzene rings is 1. The first-order chi connectivity index (χ1) is 10.2. The van der Waals surface area contributed by atoms with Gasteiger partial charge < -0.3 is 14.8 Å². The van der Waals surface area contributed by atoms with Gasteiger partial charge in [0.15, 0.2) is 0 Å². The average Bonchev–Trinajstić information content (AvgIpc) is 2.49. The van der Waals surface area contributed by atoms with Gasteiger partial charge in [-0.3, -0.25) is 4.79 Å². The highest BCUT2D eigenvalue weighted by atomic mass is 16.5. The van der Waals surface area contributed by atoms with Crippen LogP contribution in [0.25, 0.3) is 6.08 Å². The first-order valence-electron chi connectivity index (χ1n) is 7.52. The zero-order chi connectivity index (χ0) is 15.1. The Morgan fingerprint density at radius 1 is 1.38 bits per heavy atom. The summed E-state index contributed by atoms with van der Waals surface area (Å²) in [4.78, 5) is 11.0. The fourth-order valence-electron chi connectivity index (χ4n) is 2.17. The van der Waals surface area contributed by atoms with E-state index in [-0.39, 0.29) is 5.91 Å². The molecule has 1 amide bonds. The molecule has 4 nitrogen and oxygen atoms in total. The lowest BCUT2D eigenvalue weighted by atomic mass is 10.1. The van der Waals surface area contributed by atoms with Gasteiger partial charge >= 0.3 is 0 Å². The largest absolute Gasteiger partial charge is 0.494 e. The summed E-state index contributed by atoms with van der Waals surface area (Å²) in [7, 11) is 0. The van der Waals surface area contributed by atoms with Crippen LogP contribution in [0.1, 0.15) is 38.7 Å². The van der Waals surface area contributed by atoms with Crippen molar-refractivity contribution in [3.05, 3.63) is 29.3 Å². The van der Waals surface area contributed by atoms with Crippen LogP contribution in [-0.4, -0.2) is 25.7 Å². The fourth-order valence-corrected chi connectivity index (χ4v) is 2.17. The number of carbonyl (C=O) groups excluding carboxylic acids is 1. The maximum Gasteiger partial charge on any atom is 0.217 e. The topological polar surface area (TPSA) is 47.6 Å². The Morgan fingerprint density at radius 2 is 2.24 bits per heavy atom. The molecule has 114 valence electrons. The zero-order valence-corrected chi connectivity index (χ0v) is 12.8. The lowest BCUT2D eigenvalue weighted by molar-refractivity contribution is -0.118. The third kappa shape index (κ3) is 4.81. The van der Waals surface area contributed by atoms with Gasteiger partial charge in [-0.1, -0.05) is 19.8 Å². The van der Waals surface area contributed by atoms with E-state index in [0.29, 0.717) is 13.2 Å². The maximum absolute atomic E-state index is 11.0. The molecule has 1 aliphatic heterocycles. The average molecular weight is 289 g/mol. The molecule has 0 saturated carbocycles. The molecule has 1 aromatic rings. The number of fused-ring (bicyclic) bond motifs is 1. The first-order valence-corrected chi connectivity index (χ1v) is 7.52. The van der Waals surface area contributed by atoms with Gasteiger partial charge in [0.2, 0.25) is 5.91 Å². The maximum atomic E-state index is 11.0. The minimum atomic E-state index is -0.0327. The minimum absolute atomic E-state index is 0.0327. The van der Waals surface area contributed by atoms with E-state index >= 15 is 0 Å². The van der Waals surface area contributed by atoms with Crippen molar-refractivity contribution in [2.45, 2.75) is 33.1 Å². The molecule has 1 heterocycles. The van der Waals surface area contributed by atoms with Gasteiger partial charge in [-0.15, -0.1) is 0 Å². The summed E-state index contributed by atoms with van der Waals surface area (Å²) in [6, 6.07) is 5.88. The summed E-state index contributed by atoms with van der Waals surface area (Å²) in [5, 5.41) is 2.79. The van der Waals surface area contributed by atoms with Gasteiger partial charge in [0.1, 0.15) is 18.1 Å². The van der Waals surface area contributed by atoms with Crippen LogP contribution in [0.15, 0.2) is 23.8 Å². The minimum Gasteiger partial charge on any atom is -0.494 e. The molecule has 1 aliphatic rings. The summed E-state index contributed by atoms with van der Waals surface area (Å²) in [5.74, 6) is 1.70. The molecule has 0 aliphatic carbocycles. The fraction of sp³-hybridized carbons (Fsp3) is 0.471. The van der Waals surface area contributed by atoms with E-state index < -0.39 is 0 Å². The molecule has 0 fully saturated rings. The number of hydrogen-bond acceptors (Lipinski definition) is 3. The predicted octanol–water partition coefficient (Wildman–Crippen LogP) is 3.17. The molecular weight excluding hydrogens is 266 g/mol. The lowest BCUT2D eigenvalue weighted by Gasteiger charge is -2.19. The molecule has 0 atom stereocenters. The Bertz CT molecular complexity index is 523. The number of hydrogen-bond donors (Lipinski definition) is 1. The third-order valence-corrected chi connectivity index (χ3v) is 3.33. The molecule has 2 rings (SSSR count). The number of ether oxygens (including phenoxy) is 2. The molecule has 0 aromatic heterocycles. The zero-order valence-electron chi connectivity index (χ0n) is 12.8. The van der Waals surface area contributed by atoms with Crippen molar-refractivity contribution < 1.29 is 14.3 Å². The van der Waals surface area contributed by atoms with Crippen LogP contribution in [-0.2, 0) is 4.79 Å². The number of nitrogens with one attached hydrogen (secondary N) is 1. The van der Waals surface area contributed by atoms with Crippen molar-refractivity contribution in [2.75, 3.05) is 19.8 Å². The third-order valence-electron chi connectivity index (χ3n) is 3.33. The Hall–Kier alpha value is -1.97. The molecule has 0 unspecified atom stereocenters. The van der Waals surface area contributed by atoms with E-state index in [1.54, 1.807) is 0 Å². The second-order valence-electron chi connectivity index (χ2n) is 5.26. The second kappa shape index (κ2) is 7.72. The summed E-state index contributed by atoms with van der Waals surface area (Å²) in [6.45, 7) is 5.48. The number of carbonyl (C=O) groups is 1. The van der Waals surface area contributed by atoms with Gasteiger partial charge in [0, 0.05) is 19.0 Å². The van der Waals surface area contributed by atoms with E-state index in [0.717, 1.165) is 35.7 Å². The second-order valence-corrected chi connectivity index (χ2v) is 5.26. The smallest absolute Gasteiger partial charge is 0.217 e. The van der Waals surface area contributed by atoms with Crippen LogP contribution in [0.5, 0.6) is 11.5 Å². The van der Waals surface area contributed by atoms with E-state index in [2.05, 4.69) is 18.3 Å². The number of amides is 1. The van der Waals surface area contributed by atoms with Crippen LogP contribution in [0.3, 0.4) is 0 Å². The Balaban J connectivity index is 1.98. The van der Waals surface area contributed by atoms with E-state index in [9.17, 15) is 4.79 Å². The normalized spacial score (nSPS) is 13.0. The quantitative estimate of drug-likeness (QED) is 0.784. The molecule has 0 radical (unpaired) electrons. The van der Waals surface area contributed by atoms with E-state index in [1.165, 1.54) is 19.8 Å². The first kappa shape index (κ1) is 15.4. The van der Waals surface area contributed by atoms with Crippen molar-refractivity contribution in [1.82, 2.24) is 5.32 Å². The Labute approximate surface area is 126 Å². The molecular formula is C17H23NO3. The predicted molar refractivity (Wildman–Crippen MR) is 83.6 cm³/mol. The van der Waals surface area contributed by atoms with Gasteiger partial charge in [-0.05, 0) is 36.3 Å². The Kier molecular flexibility index (Phi) is 5.67. The molecule has 4 heteroatoms. The molecule has 0 saturated heterocycles. The Morgan fingerprint density at radius 3 is 3.00 bits per heavy atom. The molecule has 0 spiro atoms.